The number of rotatable bonds is 4. The number of hydrogen-bond donors (Lipinski definition) is 4. The van der Waals surface area contributed by atoms with E-state index in [1.54, 1.807) is 24.3 Å². The van der Waals surface area contributed by atoms with Crippen LogP contribution in [0, 0.1) is 0 Å². The average molecular weight is 464 g/mol. The normalized spacial score (nSPS) is 11.4. The standard InChI is InChI=1S/C27H20N4O4/c28-16-3-5-22(32)18(12-16)26-30-20-10-14(1-7-24(20)34-26)9-15-2-8-25-21(11-15)31-27(35-25)19-13-17(29)4-6-23(19)33/h1-8,10-13,32-33H,9,28-29H2. The predicted molar refractivity (Wildman–Crippen MR) is 134 cm³/mol. The molecule has 8 nitrogen and oxygen atoms in total. The molecule has 6 N–H and O–H groups in total. The summed E-state index contributed by atoms with van der Waals surface area (Å²) in [5, 5.41) is 20.3. The largest absolute Gasteiger partial charge is 0.507 e. The number of fused-ring (bicyclic) bond motifs is 2. The third kappa shape index (κ3) is 3.76. The fourth-order valence-electron chi connectivity index (χ4n) is 4.08. The van der Waals surface area contributed by atoms with Crippen molar-refractivity contribution in [1.82, 2.24) is 9.97 Å². The number of anilines is 2. The molecule has 4 aromatic carbocycles. The number of nitrogens with zero attached hydrogens (tertiary/aromatic N) is 2. The molecule has 0 aliphatic heterocycles. The van der Waals surface area contributed by atoms with Gasteiger partial charge in [-0.05, 0) is 78.2 Å². The van der Waals surface area contributed by atoms with E-state index in [1.165, 1.54) is 12.1 Å². The molecular weight excluding hydrogens is 444 g/mol. The van der Waals surface area contributed by atoms with Crippen LogP contribution < -0.4 is 11.5 Å². The van der Waals surface area contributed by atoms with Gasteiger partial charge in [-0.2, -0.15) is 0 Å². The Labute approximate surface area is 199 Å². The number of phenols is 2. The fraction of sp³-hybridized carbons (Fsp3) is 0.0370. The first-order valence-electron chi connectivity index (χ1n) is 10.9. The summed E-state index contributed by atoms with van der Waals surface area (Å²) in [6.07, 6.45) is 0.642. The highest BCUT2D eigenvalue weighted by Crippen LogP contribution is 2.34. The molecule has 0 amide bonds. The molecule has 0 saturated heterocycles. The van der Waals surface area contributed by atoms with Crippen molar-refractivity contribution in [1.29, 1.82) is 0 Å². The number of aromatic nitrogens is 2. The van der Waals surface area contributed by atoms with E-state index < -0.39 is 0 Å². The third-order valence-electron chi connectivity index (χ3n) is 5.81. The van der Waals surface area contributed by atoms with Crippen molar-refractivity contribution in [3.05, 3.63) is 83.9 Å². The SMILES string of the molecule is Nc1ccc(O)c(-c2nc3cc(Cc4ccc5oc(-c6cc(N)ccc6O)nc5c4)ccc3o2)c1. The number of nitrogen functional groups attached to an aromatic ring is 2. The van der Waals surface area contributed by atoms with Gasteiger partial charge in [-0.1, -0.05) is 12.1 Å². The molecule has 0 atom stereocenters. The number of aromatic hydroxyl groups is 2. The summed E-state index contributed by atoms with van der Waals surface area (Å²) in [6, 6.07) is 21.1. The second-order valence-electron chi connectivity index (χ2n) is 8.37. The highest BCUT2D eigenvalue weighted by molar-refractivity contribution is 5.80. The van der Waals surface area contributed by atoms with E-state index in [0.29, 0.717) is 62.9 Å². The molecule has 2 heterocycles. The molecular formula is C27H20N4O4. The summed E-state index contributed by atoms with van der Waals surface area (Å²) in [6.45, 7) is 0. The summed E-state index contributed by atoms with van der Waals surface area (Å²) in [7, 11) is 0. The van der Waals surface area contributed by atoms with Crippen molar-refractivity contribution in [3.8, 4) is 34.4 Å². The van der Waals surface area contributed by atoms with Gasteiger partial charge in [0.15, 0.2) is 11.2 Å². The van der Waals surface area contributed by atoms with Gasteiger partial charge in [0.05, 0.1) is 11.1 Å². The van der Waals surface area contributed by atoms with Crippen LogP contribution in [0.3, 0.4) is 0 Å². The van der Waals surface area contributed by atoms with Gasteiger partial charge in [-0.25, -0.2) is 9.97 Å². The van der Waals surface area contributed by atoms with Crippen LogP contribution in [0.15, 0.2) is 81.6 Å². The minimum absolute atomic E-state index is 0.0535. The Kier molecular flexibility index (Phi) is 4.60. The monoisotopic (exact) mass is 464 g/mol. The van der Waals surface area contributed by atoms with Crippen LogP contribution in [-0.2, 0) is 6.42 Å². The Hall–Kier alpha value is -4.98. The molecule has 6 rings (SSSR count). The average Bonchev–Trinajstić information content (AvgIpc) is 3.45. The second kappa shape index (κ2) is 7.81. The molecule has 0 fully saturated rings. The molecule has 0 spiro atoms. The minimum Gasteiger partial charge on any atom is -0.507 e. The third-order valence-corrected chi connectivity index (χ3v) is 5.81. The van der Waals surface area contributed by atoms with Gasteiger partial charge in [0.25, 0.3) is 0 Å². The summed E-state index contributed by atoms with van der Waals surface area (Å²) >= 11 is 0. The van der Waals surface area contributed by atoms with Crippen molar-refractivity contribution in [3.63, 3.8) is 0 Å². The molecule has 0 saturated carbocycles. The molecule has 2 aromatic heterocycles. The molecule has 0 unspecified atom stereocenters. The maximum absolute atomic E-state index is 10.2. The molecule has 6 aromatic rings. The maximum Gasteiger partial charge on any atom is 0.231 e. The lowest BCUT2D eigenvalue weighted by molar-refractivity contribution is 0.473. The number of oxazole rings is 2. The lowest BCUT2D eigenvalue weighted by Crippen LogP contribution is -1.88. The van der Waals surface area contributed by atoms with Crippen LogP contribution in [0.2, 0.25) is 0 Å². The van der Waals surface area contributed by atoms with Crippen LogP contribution in [0.25, 0.3) is 45.1 Å². The smallest absolute Gasteiger partial charge is 0.231 e. The Morgan fingerprint density at radius 1 is 0.600 bits per heavy atom. The molecule has 0 bridgehead atoms. The number of hydrogen-bond acceptors (Lipinski definition) is 8. The fourth-order valence-corrected chi connectivity index (χ4v) is 4.08. The molecule has 0 aliphatic rings. The van der Waals surface area contributed by atoms with Crippen molar-refractivity contribution < 1.29 is 19.0 Å². The summed E-state index contributed by atoms with van der Waals surface area (Å²) in [5.41, 5.74) is 18.3. The van der Waals surface area contributed by atoms with Gasteiger partial charge in [0.1, 0.15) is 22.5 Å². The summed E-state index contributed by atoms with van der Waals surface area (Å²) in [4.78, 5) is 9.09. The van der Waals surface area contributed by atoms with Gasteiger partial charge in [0.2, 0.25) is 11.8 Å². The summed E-state index contributed by atoms with van der Waals surface area (Å²) in [5.74, 6) is 0.724. The van der Waals surface area contributed by atoms with Crippen molar-refractivity contribution in [2.45, 2.75) is 6.42 Å². The van der Waals surface area contributed by atoms with Gasteiger partial charge in [-0.15, -0.1) is 0 Å². The molecule has 172 valence electrons. The minimum atomic E-state index is 0.0535. The van der Waals surface area contributed by atoms with E-state index in [9.17, 15) is 10.2 Å². The zero-order valence-corrected chi connectivity index (χ0v) is 18.4. The van der Waals surface area contributed by atoms with Crippen LogP contribution in [0.1, 0.15) is 11.1 Å². The van der Waals surface area contributed by atoms with Crippen LogP contribution in [0.5, 0.6) is 11.5 Å². The number of phenolic OH excluding ortho intramolecular Hbond substituents is 2. The quantitative estimate of drug-likeness (QED) is 0.199. The Balaban J connectivity index is 1.31. The lowest BCUT2D eigenvalue weighted by Gasteiger charge is -2.01. The molecule has 8 heteroatoms. The van der Waals surface area contributed by atoms with E-state index in [1.807, 2.05) is 36.4 Å². The van der Waals surface area contributed by atoms with E-state index in [2.05, 4.69) is 9.97 Å². The van der Waals surface area contributed by atoms with Crippen LogP contribution >= 0.6 is 0 Å². The van der Waals surface area contributed by atoms with Gasteiger partial charge in [0, 0.05) is 11.4 Å². The number of nitrogens with two attached hydrogens (primary N) is 2. The van der Waals surface area contributed by atoms with Crippen molar-refractivity contribution in [2.24, 2.45) is 0 Å². The Morgan fingerprint density at radius 3 is 1.51 bits per heavy atom. The highest BCUT2D eigenvalue weighted by Gasteiger charge is 2.15. The van der Waals surface area contributed by atoms with Crippen molar-refractivity contribution >= 4 is 33.6 Å². The Morgan fingerprint density at radius 2 is 1.06 bits per heavy atom. The highest BCUT2D eigenvalue weighted by atomic mass is 16.4. The second-order valence-corrected chi connectivity index (χ2v) is 8.37. The zero-order valence-electron chi connectivity index (χ0n) is 18.4. The Bertz CT molecular complexity index is 1610. The van der Waals surface area contributed by atoms with E-state index in [0.717, 1.165) is 11.1 Å². The van der Waals surface area contributed by atoms with Crippen molar-refractivity contribution in [2.75, 3.05) is 11.5 Å². The lowest BCUT2D eigenvalue weighted by atomic mass is 10.0. The van der Waals surface area contributed by atoms with Crippen LogP contribution in [0.4, 0.5) is 11.4 Å². The summed E-state index contributed by atoms with van der Waals surface area (Å²) < 4.78 is 11.7. The van der Waals surface area contributed by atoms with Gasteiger partial charge in [-0.3, -0.25) is 0 Å². The first-order valence-corrected chi connectivity index (χ1v) is 10.9. The maximum atomic E-state index is 10.2. The van der Waals surface area contributed by atoms with Gasteiger partial charge < -0.3 is 30.5 Å². The van der Waals surface area contributed by atoms with Crippen LogP contribution in [-0.4, -0.2) is 20.2 Å². The molecule has 35 heavy (non-hydrogen) atoms. The topological polar surface area (TPSA) is 145 Å². The number of benzene rings is 4. The first-order chi connectivity index (χ1) is 16.9. The van der Waals surface area contributed by atoms with Gasteiger partial charge >= 0.3 is 0 Å². The molecule has 0 aliphatic carbocycles. The van der Waals surface area contributed by atoms with E-state index in [4.69, 9.17) is 20.3 Å². The van der Waals surface area contributed by atoms with E-state index >= 15 is 0 Å². The van der Waals surface area contributed by atoms with E-state index in [-0.39, 0.29) is 11.5 Å². The predicted octanol–water partition coefficient (Wildman–Crippen LogP) is 5.47. The zero-order chi connectivity index (χ0) is 24.1. The first kappa shape index (κ1) is 20.6. The molecule has 0 radical (unpaired) electrons.